The number of aromatic nitrogens is 4. The molecule has 0 radical (unpaired) electrons. The first-order valence-electron chi connectivity index (χ1n) is 20.4. The lowest BCUT2D eigenvalue weighted by molar-refractivity contribution is 1.17. The number of rotatable bonds is 6. The zero-order valence-corrected chi connectivity index (χ0v) is 32.6. The van der Waals surface area contributed by atoms with Crippen LogP contribution in [0.4, 0.5) is 0 Å². The molecule has 12 aromatic rings. The van der Waals surface area contributed by atoms with E-state index in [2.05, 4.69) is 203 Å². The second-order valence-corrected chi connectivity index (χ2v) is 15.4. The summed E-state index contributed by atoms with van der Waals surface area (Å²) in [6.07, 6.45) is 0. The lowest BCUT2D eigenvalue weighted by atomic mass is 10.0. The van der Waals surface area contributed by atoms with Crippen molar-refractivity contribution in [1.29, 1.82) is 0 Å². The van der Waals surface area contributed by atoms with Crippen molar-refractivity contribution in [1.82, 2.24) is 19.1 Å². The summed E-state index contributed by atoms with van der Waals surface area (Å²) in [4.78, 5) is 10.1. The summed E-state index contributed by atoms with van der Waals surface area (Å²) < 4.78 is 4.82. The Kier molecular flexibility index (Phi) is 7.82. The highest BCUT2D eigenvalue weighted by atomic mass is 15.0. The number of nitrogens with zero attached hydrogens (tertiary/aromatic N) is 4. The third-order valence-corrected chi connectivity index (χ3v) is 11.9. The highest BCUT2D eigenvalue weighted by molar-refractivity contribution is 6.13. The monoisotopic (exact) mass is 764 g/mol. The molecule has 3 aromatic heterocycles. The van der Waals surface area contributed by atoms with E-state index in [0.29, 0.717) is 5.82 Å². The Morgan fingerprint density at radius 2 is 0.800 bits per heavy atom. The van der Waals surface area contributed by atoms with Gasteiger partial charge in [0.1, 0.15) is 0 Å². The maximum Gasteiger partial charge on any atom is 0.160 e. The number of para-hydroxylation sites is 2. The molecule has 9 aromatic carbocycles. The average Bonchev–Trinajstić information content (AvgIpc) is 3.84. The van der Waals surface area contributed by atoms with Crippen LogP contribution < -0.4 is 0 Å². The summed E-state index contributed by atoms with van der Waals surface area (Å²) in [6, 6.07) is 78.0. The molecule has 280 valence electrons. The molecule has 0 aliphatic rings. The van der Waals surface area contributed by atoms with Crippen molar-refractivity contribution in [2.75, 3.05) is 0 Å². The fourth-order valence-corrected chi connectivity index (χ4v) is 9.09. The third kappa shape index (κ3) is 5.53. The van der Waals surface area contributed by atoms with Crippen LogP contribution in [0.5, 0.6) is 0 Å². The molecule has 0 bridgehead atoms. The van der Waals surface area contributed by atoms with E-state index in [1.165, 1.54) is 71.2 Å². The first-order chi connectivity index (χ1) is 29.7. The van der Waals surface area contributed by atoms with Crippen LogP contribution in [-0.2, 0) is 0 Å². The van der Waals surface area contributed by atoms with Crippen molar-refractivity contribution in [2.45, 2.75) is 0 Å². The van der Waals surface area contributed by atoms with Gasteiger partial charge >= 0.3 is 0 Å². The molecular weight excluding hydrogens is 729 g/mol. The Hall–Kier alpha value is -8.08. The minimum absolute atomic E-state index is 0.711. The smallest absolute Gasteiger partial charge is 0.160 e. The molecule has 4 nitrogen and oxygen atoms in total. The van der Waals surface area contributed by atoms with Crippen LogP contribution >= 0.6 is 0 Å². The number of fused-ring (bicyclic) bond motifs is 7. The van der Waals surface area contributed by atoms with E-state index in [1.54, 1.807) is 0 Å². The highest BCUT2D eigenvalue weighted by Gasteiger charge is 2.18. The van der Waals surface area contributed by atoms with Crippen molar-refractivity contribution >= 4 is 54.4 Å². The van der Waals surface area contributed by atoms with E-state index in [9.17, 15) is 0 Å². The van der Waals surface area contributed by atoms with Gasteiger partial charge in [-0.15, -0.1) is 0 Å². The van der Waals surface area contributed by atoms with Gasteiger partial charge in [0.15, 0.2) is 5.82 Å². The first kappa shape index (κ1) is 34.0. The van der Waals surface area contributed by atoms with Gasteiger partial charge in [0.25, 0.3) is 0 Å². The van der Waals surface area contributed by atoms with Crippen LogP contribution in [-0.4, -0.2) is 19.1 Å². The molecule has 0 saturated carbocycles. The molecule has 0 N–H and O–H groups in total. The molecular formula is C56H36N4. The maximum absolute atomic E-state index is 5.08. The van der Waals surface area contributed by atoms with Gasteiger partial charge in [0, 0.05) is 49.3 Å². The molecule has 0 fully saturated rings. The lowest BCUT2D eigenvalue weighted by Crippen LogP contribution is -1.97. The predicted molar refractivity (Wildman–Crippen MR) is 250 cm³/mol. The zero-order chi connectivity index (χ0) is 39.6. The normalized spacial score (nSPS) is 11.7. The van der Waals surface area contributed by atoms with Crippen LogP contribution in [0.15, 0.2) is 218 Å². The fraction of sp³-hybridized carbons (Fsp3) is 0. The van der Waals surface area contributed by atoms with E-state index in [0.717, 1.165) is 33.8 Å². The van der Waals surface area contributed by atoms with Gasteiger partial charge in [0.2, 0.25) is 0 Å². The van der Waals surface area contributed by atoms with Gasteiger partial charge in [-0.25, -0.2) is 9.97 Å². The van der Waals surface area contributed by atoms with Gasteiger partial charge in [0.05, 0.1) is 39.1 Å². The SMILES string of the molecule is c1ccc(-c2cc(-c3ccc(-n4c5ccccc5c5cc(-c6ccc7c8ccccc8n(-c8cccc9ccccc89)c7c6)ccc54)cc3)nc(-c3ccccc3)n2)cc1. The Morgan fingerprint density at radius 1 is 0.283 bits per heavy atom. The van der Waals surface area contributed by atoms with Crippen LogP contribution in [0.2, 0.25) is 0 Å². The molecule has 0 unspecified atom stereocenters. The van der Waals surface area contributed by atoms with Gasteiger partial charge in [-0.2, -0.15) is 0 Å². The van der Waals surface area contributed by atoms with E-state index >= 15 is 0 Å². The molecule has 4 heteroatoms. The average molecular weight is 765 g/mol. The van der Waals surface area contributed by atoms with Crippen molar-refractivity contribution in [3.8, 4) is 56.4 Å². The summed E-state index contributed by atoms with van der Waals surface area (Å²) >= 11 is 0. The van der Waals surface area contributed by atoms with Gasteiger partial charge in [-0.1, -0.05) is 164 Å². The van der Waals surface area contributed by atoms with Crippen LogP contribution in [0.25, 0.3) is 111 Å². The van der Waals surface area contributed by atoms with Crippen molar-refractivity contribution in [2.24, 2.45) is 0 Å². The summed E-state index contributed by atoms with van der Waals surface area (Å²) in [6.45, 7) is 0. The molecule has 0 atom stereocenters. The second kappa shape index (κ2) is 13.8. The number of hydrogen-bond donors (Lipinski definition) is 0. The maximum atomic E-state index is 5.08. The quantitative estimate of drug-likeness (QED) is 0.169. The standard InChI is InChI=1S/C56H36N4/c1-3-15-38(16-4-1)49-36-50(58-56(57-49)40-17-5-2-6-18-40)39-26-30-43(31-27-39)59-52-23-11-10-22-46(52)48-34-41(29-33-54(48)59)42-28-32-47-45-21-9-12-24-53(45)60(55(47)35-42)51-25-13-19-37-14-7-8-20-44(37)51/h1-36H. The third-order valence-electron chi connectivity index (χ3n) is 11.9. The van der Waals surface area contributed by atoms with Crippen LogP contribution in [0.1, 0.15) is 0 Å². The molecule has 60 heavy (non-hydrogen) atoms. The first-order valence-corrected chi connectivity index (χ1v) is 20.4. The fourth-order valence-electron chi connectivity index (χ4n) is 9.09. The minimum Gasteiger partial charge on any atom is -0.309 e. The minimum atomic E-state index is 0.711. The number of benzene rings is 9. The van der Waals surface area contributed by atoms with E-state index < -0.39 is 0 Å². The van der Waals surface area contributed by atoms with E-state index in [4.69, 9.17) is 9.97 Å². The Bertz CT molecular complexity index is 3520. The lowest BCUT2D eigenvalue weighted by Gasteiger charge is -2.12. The molecule has 0 amide bonds. The Labute approximate surface area is 346 Å². The molecule has 0 saturated heterocycles. The summed E-state index contributed by atoms with van der Waals surface area (Å²) in [5.74, 6) is 0.711. The van der Waals surface area contributed by atoms with Crippen LogP contribution in [0, 0.1) is 0 Å². The molecule has 3 heterocycles. The van der Waals surface area contributed by atoms with Gasteiger partial charge < -0.3 is 9.13 Å². The van der Waals surface area contributed by atoms with Crippen molar-refractivity contribution < 1.29 is 0 Å². The topological polar surface area (TPSA) is 35.6 Å². The highest BCUT2D eigenvalue weighted by Crippen LogP contribution is 2.39. The predicted octanol–water partition coefficient (Wildman–Crippen LogP) is 14.5. The van der Waals surface area contributed by atoms with Gasteiger partial charge in [-0.3, -0.25) is 0 Å². The Balaban J connectivity index is 0.972. The Morgan fingerprint density at radius 3 is 1.55 bits per heavy atom. The molecule has 12 rings (SSSR count). The van der Waals surface area contributed by atoms with Gasteiger partial charge in [-0.05, 0) is 71.1 Å². The van der Waals surface area contributed by atoms with E-state index in [1.807, 2.05) is 24.3 Å². The summed E-state index contributed by atoms with van der Waals surface area (Å²) in [7, 11) is 0. The van der Waals surface area contributed by atoms with Crippen LogP contribution in [0.3, 0.4) is 0 Å². The molecule has 0 spiro atoms. The number of hydrogen-bond acceptors (Lipinski definition) is 2. The largest absolute Gasteiger partial charge is 0.309 e. The van der Waals surface area contributed by atoms with E-state index in [-0.39, 0.29) is 0 Å². The summed E-state index contributed by atoms with van der Waals surface area (Å²) in [5.41, 5.74) is 14.3. The zero-order valence-electron chi connectivity index (χ0n) is 32.6. The second-order valence-electron chi connectivity index (χ2n) is 15.4. The van der Waals surface area contributed by atoms with Crippen molar-refractivity contribution in [3.05, 3.63) is 218 Å². The molecule has 0 aliphatic carbocycles. The molecule has 0 aliphatic heterocycles. The summed E-state index contributed by atoms with van der Waals surface area (Å²) in [5, 5.41) is 7.42. The van der Waals surface area contributed by atoms with Crippen molar-refractivity contribution in [3.63, 3.8) is 0 Å².